The maximum atomic E-state index is 12.3. The molecule has 6 heteroatoms. The summed E-state index contributed by atoms with van der Waals surface area (Å²) in [5, 5.41) is 6.30. The van der Waals surface area contributed by atoms with Gasteiger partial charge in [-0.15, -0.1) is 0 Å². The molecule has 1 aromatic carbocycles. The van der Waals surface area contributed by atoms with Gasteiger partial charge in [-0.1, -0.05) is 18.2 Å². The van der Waals surface area contributed by atoms with Crippen LogP contribution < -0.4 is 15.5 Å². The van der Waals surface area contributed by atoms with Crippen molar-refractivity contribution in [1.82, 2.24) is 15.5 Å². The molecule has 0 aliphatic carbocycles. The minimum atomic E-state index is -0.0247. The lowest BCUT2D eigenvalue weighted by molar-refractivity contribution is 0.0799. The Kier molecular flexibility index (Phi) is 4.81. The maximum Gasteiger partial charge on any atom is 0.315 e. The summed E-state index contributed by atoms with van der Waals surface area (Å²) < 4.78 is 5.35. The van der Waals surface area contributed by atoms with E-state index in [0.717, 1.165) is 52.1 Å². The molecule has 0 radical (unpaired) electrons. The Morgan fingerprint density at radius 2 is 1.88 bits per heavy atom. The quantitative estimate of drug-likeness (QED) is 0.855. The molecule has 0 saturated carbocycles. The first-order chi connectivity index (χ1) is 12.2. The van der Waals surface area contributed by atoms with Gasteiger partial charge in [0.1, 0.15) is 0 Å². The second kappa shape index (κ2) is 7.22. The molecule has 2 saturated heterocycles. The van der Waals surface area contributed by atoms with E-state index in [9.17, 15) is 4.79 Å². The molecule has 6 nitrogen and oxygen atoms in total. The Hall–Kier alpha value is -1.79. The van der Waals surface area contributed by atoms with Crippen molar-refractivity contribution >= 4 is 11.7 Å². The van der Waals surface area contributed by atoms with Crippen molar-refractivity contribution in [3.05, 3.63) is 29.8 Å². The van der Waals surface area contributed by atoms with E-state index in [0.29, 0.717) is 6.04 Å². The maximum absolute atomic E-state index is 12.3. The standard InChI is InChI=1S/C19H28N4O2/c1-22-13-17-10-16(21-19(24)20-15-6-8-25-9-7-15)12-23(17)11-14-4-2-3-5-18(14)22/h2-5,15-17H,6-13H2,1H3,(H2,20,21,24)/t16-,17-/m0/s1. The summed E-state index contributed by atoms with van der Waals surface area (Å²) in [6.45, 7) is 4.39. The van der Waals surface area contributed by atoms with E-state index in [1.54, 1.807) is 0 Å². The van der Waals surface area contributed by atoms with Crippen LogP contribution in [-0.2, 0) is 11.3 Å². The average molecular weight is 344 g/mol. The van der Waals surface area contributed by atoms with Gasteiger partial charge in [0, 0.05) is 63.7 Å². The number of nitrogens with one attached hydrogen (secondary N) is 2. The number of amides is 2. The zero-order valence-electron chi connectivity index (χ0n) is 14.9. The first kappa shape index (κ1) is 16.7. The number of fused-ring (bicyclic) bond motifs is 2. The molecule has 3 aliphatic rings. The number of benzene rings is 1. The summed E-state index contributed by atoms with van der Waals surface area (Å²) >= 11 is 0. The topological polar surface area (TPSA) is 56.8 Å². The van der Waals surface area contributed by atoms with E-state index in [2.05, 4.69) is 51.7 Å². The van der Waals surface area contributed by atoms with Crippen LogP contribution in [0.25, 0.3) is 0 Å². The number of likely N-dealkylation sites (N-methyl/N-ethyl adjacent to an activating group) is 1. The lowest BCUT2D eigenvalue weighted by Crippen LogP contribution is -2.48. The number of carbonyl (C=O) groups excluding carboxylic acids is 1. The van der Waals surface area contributed by atoms with Crippen molar-refractivity contribution in [3.63, 3.8) is 0 Å². The number of carbonyl (C=O) groups is 1. The number of nitrogens with zero attached hydrogens (tertiary/aromatic N) is 2. The van der Waals surface area contributed by atoms with Gasteiger partial charge in [0.2, 0.25) is 0 Å². The largest absolute Gasteiger partial charge is 0.381 e. The van der Waals surface area contributed by atoms with Gasteiger partial charge in [-0.2, -0.15) is 0 Å². The summed E-state index contributed by atoms with van der Waals surface area (Å²) in [4.78, 5) is 17.2. The number of rotatable bonds is 2. The summed E-state index contributed by atoms with van der Waals surface area (Å²) in [6.07, 6.45) is 2.84. The van der Waals surface area contributed by atoms with Gasteiger partial charge in [0.05, 0.1) is 0 Å². The first-order valence-electron chi connectivity index (χ1n) is 9.37. The van der Waals surface area contributed by atoms with Crippen molar-refractivity contribution in [2.45, 2.75) is 43.9 Å². The van der Waals surface area contributed by atoms with Crippen LogP contribution in [0.1, 0.15) is 24.8 Å². The molecular weight excluding hydrogens is 316 g/mol. The third-order valence-electron chi connectivity index (χ3n) is 5.68. The van der Waals surface area contributed by atoms with Crippen molar-refractivity contribution in [1.29, 1.82) is 0 Å². The smallest absolute Gasteiger partial charge is 0.315 e. The molecule has 25 heavy (non-hydrogen) atoms. The molecule has 2 amide bonds. The molecule has 0 spiro atoms. The third-order valence-corrected chi connectivity index (χ3v) is 5.68. The van der Waals surface area contributed by atoms with Gasteiger partial charge in [0.25, 0.3) is 0 Å². The number of urea groups is 1. The third kappa shape index (κ3) is 3.75. The minimum Gasteiger partial charge on any atom is -0.381 e. The number of anilines is 1. The predicted octanol–water partition coefficient (Wildman–Crippen LogP) is 1.56. The van der Waals surface area contributed by atoms with Crippen LogP contribution in [0.4, 0.5) is 10.5 Å². The van der Waals surface area contributed by atoms with E-state index in [1.165, 1.54) is 11.3 Å². The zero-order chi connectivity index (χ0) is 17.2. The lowest BCUT2D eigenvalue weighted by Gasteiger charge is -2.24. The van der Waals surface area contributed by atoms with Crippen LogP contribution in [0, 0.1) is 0 Å². The summed E-state index contributed by atoms with van der Waals surface area (Å²) in [5.74, 6) is 0. The summed E-state index contributed by atoms with van der Waals surface area (Å²) in [7, 11) is 2.17. The molecule has 3 aliphatic heterocycles. The monoisotopic (exact) mass is 344 g/mol. The second-order valence-corrected chi connectivity index (χ2v) is 7.53. The molecule has 0 aromatic heterocycles. The summed E-state index contributed by atoms with van der Waals surface area (Å²) in [5.41, 5.74) is 2.71. The Morgan fingerprint density at radius 3 is 2.72 bits per heavy atom. The van der Waals surface area contributed by atoms with Crippen LogP contribution >= 0.6 is 0 Å². The van der Waals surface area contributed by atoms with Crippen molar-refractivity contribution in [3.8, 4) is 0 Å². The SMILES string of the molecule is CN1C[C@@H]2C[C@H](NC(=O)NC3CCOCC3)CN2Cc2ccccc21. The molecule has 0 unspecified atom stereocenters. The fourth-order valence-electron chi connectivity index (χ4n) is 4.38. The van der Waals surface area contributed by atoms with Gasteiger partial charge in [0.15, 0.2) is 0 Å². The molecule has 0 bridgehead atoms. The molecule has 1 aromatic rings. The fourth-order valence-corrected chi connectivity index (χ4v) is 4.38. The highest BCUT2D eigenvalue weighted by atomic mass is 16.5. The Bertz CT molecular complexity index is 617. The molecule has 2 atom stereocenters. The molecule has 2 N–H and O–H groups in total. The van der Waals surface area contributed by atoms with Gasteiger partial charge in [-0.25, -0.2) is 4.79 Å². The van der Waals surface area contributed by atoms with E-state index < -0.39 is 0 Å². The van der Waals surface area contributed by atoms with E-state index in [-0.39, 0.29) is 18.1 Å². The normalized spacial score (nSPS) is 27.3. The predicted molar refractivity (Wildman–Crippen MR) is 97.8 cm³/mol. The van der Waals surface area contributed by atoms with Crippen molar-refractivity contribution < 1.29 is 9.53 Å². The Morgan fingerprint density at radius 1 is 1.12 bits per heavy atom. The molecule has 136 valence electrons. The van der Waals surface area contributed by atoms with Crippen LogP contribution in [0.3, 0.4) is 0 Å². The minimum absolute atomic E-state index is 0.0247. The summed E-state index contributed by atoms with van der Waals surface area (Å²) in [6, 6.07) is 9.58. The molecule has 4 rings (SSSR count). The number of ether oxygens (including phenoxy) is 1. The fraction of sp³-hybridized carbons (Fsp3) is 0.632. The average Bonchev–Trinajstić information content (AvgIpc) is 2.90. The van der Waals surface area contributed by atoms with E-state index >= 15 is 0 Å². The van der Waals surface area contributed by atoms with Gasteiger partial charge < -0.3 is 20.3 Å². The molecule has 3 heterocycles. The van der Waals surface area contributed by atoms with Gasteiger partial charge in [-0.3, -0.25) is 4.90 Å². The van der Waals surface area contributed by atoms with Crippen molar-refractivity contribution in [2.75, 3.05) is 38.3 Å². The number of hydrogen-bond acceptors (Lipinski definition) is 4. The highest BCUT2D eigenvalue weighted by Gasteiger charge is 2.36. The van der Waals surface area contributed by atoms with Crippen LogP contribution in [0.15, 0.2) is 24.3 Å². The van der Waals surface area contributed by atoms with Crippen LogP contribution in [-0.4, -0.2) is 62.4 Å². The van der Waals surface area contributed by atoms with E-state index in [1.807, 2.05) is 0 Å². The Labute approximate surface area is 149 Å². The first-order valence-corrected chi connectivity index (χ1v) is 9.37. The highest BCUT2D eigenvalue weighted by Crippen LogP contribution is 2.30. The number of hydrogen-bond donors (Lipinski definition) is 2. The van der Waals surface area contributed by atoms with Crippen LogP contribution in [0.5, 0.6) is 0 Å². The lowest BCUT2D eigenvalue weighted by atomic mass is 10.1. The second-order valence-electron chi connectivity index (χ2n) is 7.53. The molecule has 2 fully saturated rings. The zero-order valence-corrected chi connectivity index (χ0v) is 14.9. The van der Waals surface area contributed by atoms with Crippen molar-refractivity contribution in [2.24, 2.45) is 0 Å². The number of para-hydroxylation sites is 1. The van der Waals surface area contributed by atoms with Gasteiger partial charge in [-0.05, 0) is 30.9 Å². The van der Waals surface area contributed by atoms with Crippen LogP contribution in [0.2, 0.25) is 0 Å². The van der Waals surface area contributed by atoms with Gasteiger partial charge >= 0.3 is 6.03 Å². The highest BCUT2D eigenvalue weighted by molar-refractivity contribution is 5.74. The Balaban J connectivity index is 1.34. The van der Waals surface area contributed by atoms with E-state index in [4.69, 9.17) is 4.74 Å². The molecular formula is C19H28N4O2.